The minimum absolute atomic E-state index is 0.0322. The summed E-state index contributed by atoms with van der Waals surface area (Å²) >= 11 is 0. The summed E-state index contributed by atoms with van der Waals surface area (Å²) in [6.45, 7) is 7.91. The van der Waals surface area contributed by atoms with Gasteiger partial charge in [0.1, 0.15) is 19.0 Å². The Labute approximate surface area is 200 Å². The molecular formula is C27H33N3O4. The van der Waals surface area contributed by atoms with Crippen LogP contribution in [0.3, 0.4) is 0 Å². The van der Waals surface area contributed by atoms with Gasteiger partial charge < -0.3 is 29.0 Å². The number of pyridine rings is 1. The number of hydrogen-bond donors (Lipinski definition) is 1. The second kappa shape index (κ2) is 10.1. The average Bonchev–Trinajstić information content (AvgIpc) is 2.87. The summed E-state index contributed by atoms with van der Waals surface area (Å²) in [5.74, 6) is 2.97. The van der Waals surface area contributed by atoms with E-state index in [1.165, 1.54) is 5.56 Å². The highest BCUT2D eigenvalue weighted by molar-refractivity contribution is 5.80. The van der Waals surface area contributed by atoms with Gasteiger partial charge in [0.25, 0.3) is 5.56 Å². The van der Waals surface area contributed by atoms with Crippen molar-refractivity contribution in [2.24, 2.45) is 5.92 Å². The molecule has 7 heteroatoms. The number of hydrogen-bond acceptors (Lipinski definition) is 6. The summed E-state index contributed by atoms with van der Waals surface area (Å²) < 4.78 is 18.6. The maximum absolute atomic E-state index is 12.6. The topological polar surface area (TPSA) is 65.0 Å². The Kier molecular flexibility index (Phi) is 6.74. The molecule has 0 amide bonds. The van der Waals surface area contributed by atoms with Gasteiger partial charge >= 0.3 is 0 Å². The number of nitrogens with zero attached hydrogens (tertiary/aromatic N) is 2. The number of nitrogens with one attached hydrogen (secondary N) is 1. The van der Waals surface area contributed by atoms with E-state index in [1.807, 2.05) is 34.9 Å². The van der Waals surface area contributed by atoms with Crippen molar-refractivity contribution in [2.75, 3.05) is 40.0 Å². The van der Waals surface area contributed by atoms with Crippen molar-refractivity contribution in [2.45, 2.75) is 32.5 Å². The SMILES string of the molecule is COc1ccc2ccc(=O)n(CCN3CCC(NCc4ccc5c(c4)OCCO5)C(C)C3)c2c1. The van der Waals surface area contributed by atoms with E-state index in [2.05, 4.69) is 29.3 Å². The van der Waals surface area contributed by atoms with Crippen molar-refractivity contribution in [1.82, 2.24) is 14.8 Å². The number of aromatic nitrogens is 1. The molecule has 0 saturated carbocycles. The molecule has 1 saturated heterocycles. The number of likely N-dealkylation sites (tertiary alicyclic amines) is 1. The maximum Gasteiger partial charge on any atom is 0.251 e. The molecule has 2 aliphatic heterocycles. The highest BCUT2D eigenvalue weighted by Gasteiger charge is 2.25. The predicted octanol–water partition coefficient (Wildman–Crippen LogP) is 3.28. The zero-order valence-electron chi connectivity index (χ0n) is 20.0. The Morgan fingerprint density at radius 3 is 2.68 bits per heavy atom. The minimum atomic E-state index is 0.0322. The van der Waals surface area contributed by atoms with E-state index in [9.17, 15) is 4.79 Å². The number of benzene rings is 2. The van der Waals surface area contributed by atoms with Gasteiger partial charge in [0, 0.05) is 44.4 Å². The van der Waals surface area contributed by atoms with E-state index < -0.39 is 0 Å². The summed E-state index contributed by atoms with van der Waals surface area (Å²) in [6, 6.07) is 16.1. The summed E-state index contributed by atoms with van der Waals surface area (Å²) in [7, 11) is 1.65. The summed E-state index contributed by atoms with van der Waals surface area (Å²) in [6.07, 6.45) is 1.09. The van der Waals surface area contributed by atoms with Crippen LogP contribution >= 0.6 is 0 Å². The van der Waals surface area contributed by atoms with Gasteiger partial charge in [-0.2, -0.15) is 0 Å². The largest absolute Gasteiger partial charge is 0.497 e. The van der Waals surface area contributed by atoms with Gasteiger partial charge in [-0.05, 0) is 60.2 Å². The van der Waals surface area contributed by atoms with E-state index in [1.54, 1.807) is 13.2 Å². The van der Waals surface area contributed by atoms with Crippen molar-refractivity contribution in [1.29, 1.82) is 0 Å². The second-order valence-corrected chi connectivity index (χ2v) is 9.28. The molecule has 2 aliphatic rings. The molecule has 0 radical (unpaired) electrons. The maximum atomic E-state index is 12.6. The van der Waals surface area contributed by atoms with Crippen LogP contribution in [0.25, 0.3) is 10.9 Å². The first-order valence-electron chi connectivity index (χ1n) is 12.1. The quantitative estimate of drug-likeness (QED) is 0.580. The second-order valence-electron chi connectivity index (χ2n) is 9.28. The summed E-state index contributed by atoms with van der Waals surface area (Å²) in [4.78, 5) is 15.1. The van der Waals surface area contributed by atoms with Crippen molar-refractivity contribution in [3.05, 3.63) is 64.4 Å². The van der Waals surface area contributed by atoms with Crippen molar-refractivity contribution in [3.8, 4) is 17.2 Å². The zero-order chi connectivity index (χ0) is 23.5. The molecular weight excluding hydrogens is 430 g/mol. The highest BCUT2D eigenvalue weighted by atomic mass is 16.6. The smallest absolute Gasteiger partial charge is 0.251 e. The average molecular weight is 464 g/mol. The molecule has 0 bridgehead atoms. The van der Waals surface area contributed by atoms with Crippen molar-refractivity contribution < 1.29 is 14.2 Å². The van der Waals surface area contributed by atoms with E-state index >= 15 is 0 Å². The Morgan fingerprint density at radius 1 is 1.03 bits per heavy atom. The van der Waals surface area contributed by atoms with E-state index in [0.717, 1.165) is 60.8 Å². The highest BCUT2D eigenvalue weighted by Crippen LogP contribution is 2.31. The van der Waals surface area contributed by atoms with Crippen LogP contribution in [0.5, 0.6) is 17.2 Å². The molecule has 0 spiro atoms. The van der Waals surface area contributed by atoms with Crippen LogP contribution in [-0.2, 0) is 13.1 Å². The fourth-order valence-corrected chi connectivity index (χ4v) is 5.05. The molecule has 1 fully saturated rings. The fourth-order valence-electron chi connectivity index (χ4n) is 5.05. The van der Waals surface area contributed by atoms with Crippen molar-refractivity contribution in [3.63, 3.8) is 0 Å². The predicted molar refractivity (Wildman–Crippen MR) is 133 cm³/mol. The third kappa shape index (κ3) is 4.91. The number of methoxy groups -OCH3 is 1. The molecule has 3 heterocycles. The molecule has 2 unspecified atom stereocenters. The van der Waals surface area contributed by atoms with Crippen LogP contribution < -0.4 is 25.1 Å². The van der Waals surface area contributed by atoms with Crippen LogP contribution in [0.1, 0.15) is 18.9 Å². The first kappa shape index (κ1) is 22.7. The summed E-state index contributed by atoms with van der Waals surface area (Å²) in [5, 5.41) is 4.79. The Bertz CT molecular complexity index is 1210. The van der Waals surface area contributed by atoms with Gasteiger partial charge in [-0.3, -0.25) is 4.79 Å². The molecule has 180 valence electrons. The van der Waals surface area contributed by atoms with Crippen LogP contribution in [0.2, 0.25) is 0 Å². The lowest BCUT2D eigenvalue weighted by Gasteiger charge is -2.37. The molecule has 3 aromatic rings. The van der Waals surface area contributed by atoms with Crippen LogP contribution in [0.15, 0.2) is 53.3 Å². The van der Waals surface area contributed by atoms with Gasteiger partial charge in [-0.1, -0.05) is 13.0 Å². The molecule has 34 heavy (non-hydrogen) atoms. The number of fused-ring (bicyclic) bond motifs is 2. The van der Waals surface area contributed by atoms with E-state index in [0.29, 0.717) is 31.7 Å². The monoisotopic (exact) mass is 463 g/mol. The van der Waals surface area contributed by atoms with Gasteiger partial charge in [0.05, 0.1) is 12.6 Å². The van der Waals surface area contributed by atoms with Gasteiger partial charge in [0.2, 0.25) is 0 Å². The lowest BCUT2D eigenvalue weighted by Crippen LogP contribution is -2.49. The van der Waals surface area contributed by atoms with Crippen LogP contribution in [0.4, 0.5) is 0 Å². The van der Waals surface area contributed by atoms with Gasteiger partial charge in [-0.15, -0.1) is 0 Å². The fraction of sp³-hybridized carbons (Fsp3) is 0.444. The standard InChI is InChI=1S/C27H33N3O4/c1-19-18-29(11-12-30-24-16-22(32-2)6-4-21(24)5-8-27(30)31)10-9-23(19)28-17-20-3-7-25-26(15-20)34-14-13-33-25/h3-8,15-16,19,23,28H,9-14,17-18H2,1-2H3. The molecule has 2 aromatic carbocycles. The van der Waals surface area contributed by atoms with Crippen LogP contribution in [0, 0.1) is 5.92 Å². The lowest BCUT2D eigenvalue weighted by molar-refractivity contribution is 0.142. The molecule has 5 rings (SSSR count). The van der Waals surface area contributed by atoms with E-state index in [-0.39, 0.29) is 5.56 Å². The van der Waals surface area contributed by atoms with Gasteiger partial charge in [0.15, 0.2) is 11.5 Å². The Balaban J connectivity index is 1.17. The molecule has 7 nitrogen and oxygen atoms in total. The number of rotatable bonds is 7. The third-order valence-corrected chi connectivity index (χ3v) is 7.00. The van der Waals surface area contributed by atoms with E-state index in [4.69, 9.17) is 14.2 Å². The first-order chi connectivity index (χ1) is 16.6. The third-order valence-electron chi connectivity index (χ3n) is 7.00. The molecule has 0 aliphatic carbocycles. The minimum Gasteiger partial charge on any atom is -0.497 e. The zero-order valence-corrected chi connectivity index (χ0v) is 20.0. The molecule has 1 aromatic heterocycles. The first-order valence-corrected chi connectivity index (χ1v) is 12.1. The molecule has 2 atom stereocenters. The van der Waals surface area contributed by atoms with Crippen LogP contribution in [-0.4, -0.2) is 55.5 Å². The lowest BCUT2D eigenvalue weighted by atomic mass is 9.93. The van der Waals surface area contributed by atoms with Gasteiger partial charge in [-0.25, -0.2) is 0 Å². The Hall–Kier alpha value is -3.03. The van der Waals surface area contributed by atoms with Crippen molar-refractivity contribution >= 4 is 10.9 Å². The normalized spacial score (nSPS) is 20.4. The number of ether oxygens (including phenoxy) is 3. The number of piperidine rings is 1. The Morgan fingerprint density at radius 2 is 1.85 bits per heavy atom. The summed E-state index contributed by atoms with van der Waals surface area (Å²) in [5.41, 5.74) is 2.17. The molecule has 1 N–H and O–H groups in total.